The molecule has 0 bridgehead atoms. The van der Waals surface area contributed by atoms with Crippen LogP contribution in [0.15, 0.2) is 42.7 Å². The third-order valence-electron chi connectivity index (χ3n) is 5.26. The lowest BCUT2D eigenvalue weighted by Crippen LogP contribution is -2.32. The molecule has 1 amide bonds. The van der Waals surface area contributed by atoms with Gasteiger partial charge in [-0.25, -0.2) is 9.97 Å². The smallest absolute Gasteiger partial charge is 0.220 e. The molecule has 2 aromatic heterocycles. The van der Waals surface area contributed by atoms with Crippen molar-refractivity contribution in [2.24, 2.45) is 0 Å². The van der Waals surface area contributed by atoms with E-state index in [0.717, 1.165) is 22.8 Å². The summed E-state index contributed by atoms with van der Waals surface area (Å²) in [6, 6.07) is 9.50. The van der Waals surface area contributed by atoms with E-state index in [4.69, 9.17) is 17.3 Å². The molecule has 0 spiro atoms. The minimum Gasteiger partial charge on any atom is -0.383 e. The Morgan fingerprint density at radius 2 is 2.13 bits per heavy atom. The lowest BCUT2D eigenvalue weighted by atomic mass is 10.0. The maximum absolute atomic E-state index is 12.9. The summed E-state index contributed by atoms with van der Waals surface area (Å²) in [5.41, 5.74) is 7.40. The third-order valence-corrected chi connectivity index (χ3v) is 5.46. The molecule has 4 rings (SSSR count). The number of aromatic nitrogens is 2. The number of nitrogen functional groups attached to an aromatic ring is 1. The van der Waals surface area contributed by atoms with Gasteiger partial charge in [0.2, 0.25) is 5.91 Å². The van der Waals surface area contributed by atoms with Crippen LogP contribution in [0.25, 0.3) is 10.8 Å². The molecule has 0 aliphatic carbocycles. The predicted octanol–water partition coefficient (Wildman–Crippen LogP) is 3.37. The normalized spacial score (nSPS) is 15.9. The van der Waals surface area contributed by atoms with Crippen molar-refractivity contribution >= 4 is 45.7 Å². The molecule has 154 valence electrons. The van der Waals surface area contributed by atoms with Crippen LogP contribution in [0.2, 0.25) is 5.02 Å². The first-order valence-electron chi connectivity index (χ1n) is 9.84. The quantitative estimate of drug-likeness (QED) is 0.502. The molecule has 8 heteroatoms. The number of hydrogen-bond donors (Lipinski definition) is 3. The number of nitrogens with zero attached hydrogens (tertiary/aromatic N) is 2. The highest BCUT2D eigenvalue weighted by molar-refractivity contribution is 6.31. The highest BCUT2D eigenvalue weighted by atomic mass is 35.5. The molecule has 3 heterocycles. The molecule has 7 nitrogen and oxygen atoms in total. The van der Waals surface area contributed by atoms with Gasteiger partial charge < -0.3 is 16.4 Å². The fraction of sp³-hybridized carbons (Fsp3) is 0.273. The fourth-order valence-corrected chi connectivity index (χ4v) is 3.80. The molecule has 0 radical (unpaired) electrons. The van der Waals surface area contributed by atoms with E-state index in [1.54, 1.807) is 12.3 Å². The summed E-state index contributed by atoms with van der Waals surface area (Å²) in [5.74, 6) is 0.990. The number of nitrogens with two attached hydrogens (primary N) is 1. The fourth-order valence-electron chi connectivity index (χ4n) is 3.64. The summed E-state index contributed by atoms with van der Waals surface area (Å²) in [6.07, 6.45) is 5.39. The van der Waals surface area contributed by atoms with Crippen LogP contribution in [0.5, 0.6) is 0 Å². The van der Waals surface area contributed by atoms with Crippen LogP contribution < -0.4 is 16.4 Å². The molecule has 0 unspecified atom stereocenters. The molecule has 1 saturated heterocycles. The highest BCUT2D eigenvalue weighted by Crippen LogP contribution is 2.23. The largest absolute Gasteiger partial charge is 0.383 e. The lowest BCUT2D eigenvalue weighted by Gasteiger charge is -2.14. The highest BCUT2D eigenvalue weighted by Gasteiger charge is 2.21. The van der Waals surface area contributed by atoms with E-state index in [2.05, 4.69) is 20.6 Å². The van der Waals surface area contributed by atoms with Crippen molar-refractivity contribution < 1.29 is 9.59 Å². The molecule has 1 aromatic carbocycles. The van der Waals surface area contributed by atoms with Gasteiger partial charge in [-0.15, -0.1) is 0 Å². The standard InChI is InChI=1S/C22H22ClN5O2/c23-15-10-18(22(26-11-15)27-12-16-3-6-20(30)28-16)19(29)5-2-13-1-4-17-14(9-13)7-8-25-21(17)24/h1,4,7-11,16H,2-3,5-6,12H2,(H2,24,25)(H,26,27)(H,28,30)/t16-/m0/s1. The number of hydrogen-bond acceptors (Lipinski definition) is 6. The summed E-state index contributed by atoms with van der Waals surface area (Å²) < 4.78 is 0. The first kappa shape index (κ1) is 20.1. The number of anilines is 2. The van der Waals surface area contributed by atoms with Crippen molar-refractivity contribution in [3.05, 3.63) is 58.9 Å². The Morgan fingerprint density at radius 3 is 2.93 bits per heavy atom. The first-order chi connectivity index (χ1) is 14.5. The van der Waals surface area contributed by atoms with E-state index < -0.39 is 0 Å². The van der Waals surface area contributed by atoms with Crippen LogP contribution in [0.4, 0.5) is 11.6 Å². The number of nitrogens with one attached hydrogen (secondary N) is 2. The Labute approximate surface area is 179 Å². The van der Waals surface area contributed by atoms with Gasteiger partial charge in [-0.2, -0.15) is 0 Å². The van der Waals surface area contributed by atoms with E-state index in [1.807, 2.05) is 24.3 Å². The molecule has 1 aliphatic heterocycles. The van der Waals surface area contributed by atoms with E-state index in [0.29, 0.717) is 48.0 Å². The van der Waals surface area contributed by atoms with Crippen LogP contribution >= 0.6 is 11.6 Å². The number of carbonyl (C=O) groups is 2. The maximum atomic E-state index is 12.9. The van der Waals surface area contributed by atoms with Crippen molar-refractivity contribution in [2.45, 2.75) is 31.7 Å². The molecule has 3 aromatic rings. The van der Waals surface area contributed by atoms with Gasteiger partial charge in [0.25, 0.3) is 0 Å². The minimum absolute atomic E-state index is 0.0393. The molecule has 1 aliphatic rings. The zero-order chi connectivity index (χ0) is 21.1. The summed E-state index contributed by atoms with van der Waals surface area (Å²) in [5, 5.41) is 8.39. The van der Waals surface area contributed by atoms with Crippen molar-refractivity contribution in [1.82, 2.24) is 15.3 Å². The van der Waals surface area contributed by atoms with Gasteiger partial charge >= 0.3 is 0 Å². The van der Waals surface area contributed by atoms with Gasteiger partial charge in [0, 0.05) is 43.2 Å². The molecule has 1 atom stereocenters. The molecular weight excluding hydrogens is 402 g/mol. The van der Waals surface area contributed by atoms with Gasteiger partial charge in [0.1, 0.15) is 11.6 Å². The number of ketones is 1. The van der Waals surface area contributed by atoms with Crippen molar-refractivity contribution in [1.29, 1.82) is 0 Å². The molecular formula is C22H22ClN5O2. The zero-order valence-corrected chi connectivity index (χ0v) is 17.1. The molecule has 30 heavy (non-hydrogen) atoms. The number of fused-ring (bicyclic) bond motifs is 1. The Balaban J connectivity index is 1.45. The van der Waals surface area contributed by atoms with E-state index >= 15 is 0 Å². The second kappa shape index (κ2) is 8.67. The SMILES string of the molecule is Nc1nccc2cc(CCC(=O)c3cc(Cl)cnc3NC[C@@H]3CCC(=O)N3)ccc12. The number of pyridine rings is 2. The third kappa shape index (κ3) is 4.52. The topological polar surface area (TPSA) is 110 Å². The lowest BCUT2D eigenvalue weighted by molar-refractivity contribution is -0.119. The Morgan fingerprint density at radius 1 is 1.27 bits per heavy atom. The van der Waals surface area contributed by atoms with Gasteiger partial charge in [-0.1, -0.05) is 29.8 Å². The van der Waals surface area contributed by atoms with Gasteiger partial charge in [0.05, 0.1) is 10.6 Å². The van der Waals surface area contributed by atoms with Crippen LogP contribution in [0.3, 0.4) is 0 Å². The maximum Gasteiger partial charge on any atom is 0.220 e. The minimum atomic E-state index is -0.0442. The van der Waals surface area contributed by atoms with E-state index in [1.165, 1.54) is 6.20 Å². The van der Waals surface area contributed by atoms with Crippen LogP contribution in [0, 0.1) is 0 Å². The van der Waals surface area contributed by atoms with Crippen LogP contribution in [-0.2, 0) is 11.2 Å². The Bertz CT molecular complexity index is 1120. The summed E-state index contributed by atoms with van der Waals surface area (Å²) >= 11 is 6.09. The average Bonchev–Trinajstić information content (AvgIpc) is 3.16. The van der Waals surface area contributed by atoms with Crippen molar-refractivity contribution in [3.8, 4) is 0 Å². The van der Waals surface area contributed by atoms with Crippen LogP contribution in [0.1, 0.15) is 35.2 Å². The van der Waals surface area contributed by atoms with Crippen LogP contribution in [-0.4, -0.2) is 34.2 Å². The Hall–Kier alpha value is -3.19. The number of halogens is 1. The number of carbonyl (C=O) groups excluding carboxylic acids is 2. The second-order valence-corrected chi connectivity index (χ2v) is 7.85. The molecule has 0 saturated carbocycles. The van der Waals surface area contributed by atoms with E-state index in [9.17, 15) is 9.59 Å². The number of amides is 1. The van der Waals surface area contributed by atoms with Crippen molar-refractivity contribution in [2.75, 3.05) is 17.6 Å². The first-order valence-corrected chi connectivity index (χ1v) is 10.2. The summed E-state index contributed by atoms with van der Waals surface area (Å²) in [7, 11) is 0. The van der Waals surface area contributed by atoms with Crippen molar-refractivity contribution in [3.63, 3.8) is 0 Å². The molecule has 1 fully saturated rings. The number of rotatable bonds is 7. The number of aryl methyl sites for hydroxylation is 1. The summed E-state index contributed by atoms with van der Waals surface area (Å²) in [4.78, 5) is 32.7. The van der Waals surface area contributed by atoms with Gasteiger partial charge in [-0.3, -0.25) is 9.59 Å². The number of Topliss-reactive ketones (excluding diaryl/α,β-unsaturated/α-hetero) is 1. The predicted molar refractivity (Wildman–Crippen MR) is 118 cm³/mol. The van der Waals surface area contributed by atoms with Gasteiger partial charge in [0.15, 0.2) is 5.78 Å². The van der Waals surface area contributed by atoms with Gasteiger partial charge in [-0.05, 0) is 35.9 Å². The molecule has 4 N–H and O–H groups in total. The summed E-state index contributed by atoms with van der Waals surface area (Å²) in [6.45, 7) is 0.515. The monoisotopic (exact) mass is 423 g/mol. The average molecular weight is 424 g/mol. The number of benzene rings is 1. The Kier molecular flexibility index (Phi) is 5.81. The zero-order valence-electron chi connectivity index (χ0n) is 16.3. The second-order valence-electron chi connectivity index (χ2n) is 7.41. The van der Waals surface area contributed by atoms with E-state index in [-0.39, 0.29) is 17.7 Å².